The lowest BCUT2D eigenvalue weighted by atomic mass is 9.94. The molecule has 2 nitrogen and oxygen atoms in total. The number of rotatable bonds is 2. The van der Waals surface area contributed by atoms with Crippen molar-refractivity contribution in [3.8, 4) is 28.5 Å². The largest absolute Gasteiger partial charge is 0.256 e. The van der Waals surface area contributed by atoms with Crippen LogP contribution in [-0.4, -0.2) is 4.98 Å². The van der Waals surface area contributed by atoms with Gasteiger partial charge in [0.15, 0.2) is 0 Å². The van der Waals surface area contributed by atoms with E-state index in [1.54, 1.807) is 6.20 Å². The summed E-state index contributed by atoms with van der Waals surface area (Å²) in [6.45, 7) is 0. The Morgan fingerprint density at radius 3 is 2.15 bits per heavy atom. The molecule has 0 radical (unpaired) electrons. The minimum Gasteiger partial charge on any atom is -0.256 e. The lowest BCUT2D eigenvalue weighted by Crippen LogP contribution is -1.90. The van der Waals surface area contributed by atoms with E-state index in [1.807, 2.05) is 66.7 Å². The molecule has 6 aromatic rings. The Balaban J connectivity index is 1.55. The number of nitrogens with zero attached hydrogens (tertiary/aromatic N) is 2. The molecule has 0 aliphatic rings. The van der Waals surface area contributed by atoms with Gasteiger partial charge in [-0.15, -0.1) is 0 Å². The molecule has 1 heterocycles. The molecule has 0 spiro atoms. The van der Waals surface area contributed by atoms with Gasteiger partial charge in [-0.2, -0.15) is 5.26 Å². The standard InChI is InChI=1S/C30H16F2N2/c31-24-14-21(15-25(32)16-24)18-5-7-27-20(11-18)6-8-29-28(27)9-10-34-30(29)22-12-19-3-1-2-4-26(19)23(13-22)17-33/h1-16H. The van der Waals surface area contributed by atoms with E-state index in [2.05, 4.69) is 17.1 Å². The second kappa shape index (κ2) is 7.75. The van der Waals surface area contributed by atoms with E-state index < -0.39 is 11.6 Å². The lowest BCUT2D eigenvalue weighted by molar-refractivity contribution is 0.584. The first-order valence-corrected chi connectivity index (χ1v) is 10.8. The summed E-state index contributed by atoms with van der Waals surface area (Å²) in [6, 6.07) is 29.4. The maximum absolute atomic E-state index is 13.7. The molecule has 34 heavy (non-hydrogen) atoms. The smallest absolute Gasteiger partial charge is 0.126 e. The SMILES string of the molecule is N#Cc1cc(-c2nccc3c2ccc2cc(-c4cc(F)cc(F)c4)ccc23)cc2ccccc12. The Kier molecular flexibility index (Phi) is 4.57. The fourth-order valence-corrected chi connectivity index (χ4v) is 4.67. The van der Waals surface area contributed by atoms with Crippen LogP contribution in [0.1, 0.15) is 5.56 Å². The van der Waals surface area contributed by atoms with Gasteiger partial charge in [0.25, 0.3) is 0 Å². The zero-order valence-corrected chi connectivity index (χ0v) is 17.9. The highest BCUT2D eigenvalue weighted by molar-refractivity contribution is 6.12. The number of fused-ring (bicyclic) bond motifs is 4. The third-order valence-electron chi connectivity index (χ3n) is 6.21. The summed E-state index contributed by atoms with van der Waals surface area (Å²) in [5.41, 5.74) is 3.53. The highest BCUT2D eigenvalue weighted by Gasteiger charge is 2.12. The van der Waals surface area contributed by atoms with E-state index in [0.717, 1.165) is 55.2 Å². The molecule has 5 aromatic carbocycles. The number of benzene rings is 5. The summed E-state index contributed by atoms with van der Waals surface area (Å²) in [6.07, 6.45) is 1.77. The first-order chi connectivity index (χ1) is 16.6. The van der Waals surface area contributed by atoms with E-state index in [4.69, 9.17) is 0 Å². The van der Waals surface area contributed by atoms with Crippen LogP contribution >= 0.6 is 0 Å². The van der Waals surface area contributed by atoms with Gasteiger partial charge in [-0.1, -0.05) is 48.5 Å². The quantitative estimate of drug-likeness (QED) is 0.255. The van der Waals surface area contributed by atoms with Crippen LogP contribution < -0.4 is 0 Å². The number of halogens is 2. The number of hydrogen-bond donors (Lipinski definition) is 0. The van der Waals surface area contributed by atoms with Crippen molar-refractivity contribution in [3.63, 3.8) is 0 Å². The first-order valence-electron chi connectivity index (χ1n) is 10.8. The summed E-state index contributed by atoms with van der Waals surface area (Å²) in [4.78, 5) is 4.66. The van der Waals surface area contributed by atoms with Crippen LogP contribution in [0.15, 0.2) is 97.2 Å². The summed E-state index contributed by atoms with van der Waals surface area (Å²) < 4.78 is 27.5. The normalized spacial score (nSPS) is 11.2. The van der Waals surface area contributed by atoms with Gasteiger partial charge >= 0.3 is 0 Å². The highest BCUT2D eigenvalue weighted by Crippen LogP contribution is 2.35. The zero-order valence-electron chi connectivity index (χ0n) is 17.9. The minimum absolute atomic E-state index is 0.495. The van der Waals surface area contributed by atoms with Gasteiger partial charge < -0.3 is 0 Å². The molecule has 0 aliphatic heterocycles. The lowest BCUT2D eigenvalue weighted by Gasteiger charge is -2.11. The molecule has 0 unspecified atom stereocenters. The average molecular weight is 442 g/mol. The predicted molar refractivity (Wildman–Crippen MR) is 132 cm³/mol. The van der Waals surface area contributed by atoms with Gasteiger partial charge in [-0.25, -0.2) is 8.78 Å². The van der Waals surface area contributed by atoms with Crippen molar-refractivity contribution in [1.82, 2.24) is 4.98 Å². The summed E-state index contributed by atoms with van der Waals surface area (Å²) >= 11 is 0. The molecular formula is C30H16F2N2. The summed E-state index contributed by atoms with van der Waals surface area (Å²) in [7, 11) is 0. The molecule has 6 rings (SSSR count). The Bertz CT molecular complexity index is 1780. The predicted octanol–water partition coefficient (Wildman–Crippen LogP) is 8.03. The maximum Gasteiger partial charge on any atom is 0.126 e. The molecule has 0 amide bonds. The Hall–Kier alpha value is -4.62. The number of nitriles is 1. The average Bonchev–Trinajstić information content (AvgIpc) is 2.86. The van der Waals surface area contributed by atoms with Crippen LogP contribution in [0.5, 0.6) is 0 Å². The topological polar surface area (TPSA) is 36.7 Å². The first kappa shape index (κ1) is 20.0. The minimum atomic E-state index is -0.601. The van der Waals surface area contributed by atoms with Crippen LogP contribution in [0.4, 0.5) is 8.78 Å². The molecule has 0 saturated carbocycles. The number of pyridine rings is 1. The summed E-state index contributed by atoms with van der Waals surface area (Å²) in [5.74, 6) is -1.20. The van der Waals surface area contributed by atoms with E-state index in [1.165, 1.54) is 12.1 Å². The third-order valence-corrected chi connectivity index (χ3v) is 6.21. The molecular weight excluding hydrogens is 426 g/mol. The van der Waals surface area contributed by atoms with E-state index >= 15 is 0 Å². The number of aromatic nitrogens is 1. The Morgan fingerprint density at radius 1 is 0.588 bits per heavy atom. The zero-order chi connectivity index (χ0) is 23.2. The van der Waals surface area contributed by atoms with Gasteiger partial charge in [0.1, 0.15) is 11.6 Å². The summed E-state index contributed by atoms with van der Waals surface area (Å²) in [5, 5.41) is 15.6. The molecule has 0 fully saturated rings. The van der Waals surface area contributed by atoms with Crippen LogP contribution in [0.3, 0.4) is 0 Å². The van der Waals surface area contributed by atoms with Crippen molar-refractivity contribution >= 4 is 32.3 Å². The van der Waals surface area contributed by atoms with Gasteiger partial charge in [0.2, 0.25) is 0 Å². The maximum atomic E-state index is 13.7. The molecule has 0 saturated heterocycles. The number of hydrogen-bond acceptors (Lipinski definition) is 2. The van der Waals surface area contributed by atoms with Gasteiger partial charge in [-0.3, -0.25) is 4.98 Å². The van der Waals surface area contributed by atoms with Crippen molar-refractivity contribution in [1.29, 1.82) is 5.26 Å². The van der Waals surface area contributed by atoms with Gasteiger partial charge in [0.05, 0.1) is 17.3 Å². The fraction of sp³-hybridized carbons (Fsp3) is 0. The second-order valence-electron chi connectivity index (χ2n) is 8.27. The van der Waals surface area contributed by atoms with E-state index in [-0.39, 0.29) is 0 Å². The molecule has 0 bridgehead atoms. The van der Waals surface area contributed by atoms with Gasteiger partial charge in [-0.05, 0) is 74.5 Å². The highest BCUT2D eigenvalue weighted by atomic mass is 19.1. The molecule has 160 valence electrons. The molecule has 4 heteroatoms. The van der Waals surface area contributed by atoms with Gasteiger partial charge in [0, 0.05) is 23.2 Å². The van der Waals surface area contributed by atoms with E-state index in [0.29, 0.717) is 11.1 Å². The third kappa shape index (κ3) is 3.27. The molecule has 0 N–H and O–H groups in total. The van der Waals surface area contributed by atoms with Crippen LogP contribution in [0, 0.1) is 23.0 Å². The van der Waals surface area contributed by atoms with Crippen molar-refractivity contribution in [2.45, 2.75) is 0 Å². The van der Waals surface area contributed by atoms with Crippen LogP contribution in [0.2, 0.25) is 0 Å². The van der Waals surface area contributed by atoms with Crippen molar-refractivity contribution in [2.75, 3.05) is 0 Å². The monoisotopic (exact) mass is 442 g/mol. The molecule has 0 atom stereocenters. The van der Waals surface area contributed by atoms with Crippen LogP contribution in [-0.2, 0) is 0 Å². The van der Waals surface area contributed by atoms with E-state index in [9.17, 15) is 14.0 Å². The van der Waals surface area contributed by atoms with Crippen LogP contribution in [0.25, 0.3) is 54.7 Å². The van der Waals surface area contributed by atoms with Crippen molar-refractivity contribution < 1.29 is 8.78 Å². The molecule has 0 aliphatic carbocycles. The second-order valence-corrected chi connectivity index (χ2v) is 8.27. The Morgan fingerprint density at radius 2 is 1.32 bits per heavy atom. The Labute approximate surface area is 194 Å². The van der Waals surface area contributed by atoms with Crippen molar-refractivity contribution in [2.24, 2.45) is 0 Å². The fourth-order valence-electron chi connectivity index (χ4n) is 4.67. The molecule has 1 aromatic heterocycles. The van der Waals surface area contributed by atoms with Crippen molar-refractivity contribution in [3.05, 3.63) is 114 Å².